The first-order valence-electron chi connectivity index (χ1n) is 8.04. The second kappa shape index (κ2) is 6.40. The molecule has 1 aliphatic rings. The van der Waals surface area contributed by atoms with Crippen LogP contribution in [-0.4, -0.2) is 17.9 Å². The first-order valence-corrected chi connectivity index (χ1v) is 9.82. The molecular formula is C19H23O2P. The minimum Gasteiger partial charge on any atom is -0.369 e. The summed E-state index contributed by atoms with van der Waals surface area (Å²) in [5.41, 5.74) is 0.0669. The van der Waals surface area contributed by atoms with Gasteiger partial charge in [0.1, 0.15) is 7.14 Å². The molecule has 1 heterocycles. The molecular weight excluding hydrogens is 291 g/mol. The van der Waals surface area contributed by atoms with Crippen molar-refractivity contribution in [1.29, 1.82) is 0 Å². The third-order valence-electron chi connectivity index (χ3n) is 4.47. The van der Waals surface area contributed by atoms with Crippen LogP contribution in [0.2, 0.25) is 0 Å². The maximum absolute atomic E-state index is 14.3. The molecule has 1 saturated heterocycles. The number of benzene rings is 2. The fourth-order valence-electron chi connectivity index (χ4n) is 3.29. The van der Waals surface area contributed by atoms with Crippen molar-refractivity contribution in [2.45, 2.75) is 44.6 Å². The van der Waals surface area contributed by atoms with E-state index in [1.165, 1.54) is 0 Å². The average Bonchev–Trinajstić information content (AvgIpc) is 3.30. The predicted molar refractivity (Wildman–Crippen MR) is 92.8 cm³/mol. The summed E-state index contributed by atoms with van der Waals surface area (Å²) in [5.74, 6) is 0. The lowest BCUT2D eigenvalue weighted by molar-refractivity contribution is 0.366. The molecule has 0 unspecified atom stereocenters. The first-order chi connectivity index (χ1) is 10.7. The summed E-state index contributed by atoms with van der Waals surface area (Å²) >= 11 is 0. The van der Waals surface area contributed by atoms with Gasteiger partial charge in [0.15, 0.2) is 0 Å². The molecule has 0 bridgehead atoms. The average molecular weight is 314 g/mol. The molecule has 0 N–H and O–H groups in total. The Balaban J connectivity index is 2.12. The van der Waals surface area contributed by atoms with Crippen LogP contribution < -0.4 is 10.6 Å². The van der Waals surface area contributed by atoms with Crippen molar-refractivity contribution in [1.82, 2.24) is 0 Å². The summed E-state index contributed by atoms with van der Waals surface area (Å²) in [6.45, 7) is 4.23. The van der Waals surface area contributed by atoms with Gasteiger partial charge in [-0.25, -0.2) is 0 Å². The number of hydrogen-bond donors (Lipinski definition) is 0. The quantitative estimate of drug-likeness (QED) is 0.597. The summed E-state index contributed by atoms with van der Waals surface area (Å²) < 4.78 is 20.0. The van der Waals surface area contributed by atoms with Crippen LogP contribution in [0.5, 0.6) is 0 Å². The number of ether oxygens (including phenoxy) is 1. The van der Waals surface area contributed by atoms with Gasteiger partial charge in [-0.1, -0.05) is 74.0 Å². The van der Waals surface area contributed by atoms with Crippen molar-refractivity contribution >= 4 is 17.8 Å². The highest BCUT2D eigenvalue weighted by atomic mass is 31.2. The van der Waals surface area contributed by atoms with Gasteiger partial charge < -0.3 is 9.30 Å². The largest absolute Gasteiger partial charge is 0.369 e. The molecule has 1 fully saturated rings. The van der Waals surface area contributed by atoms with Crippen LogP contribution in [0.4, 0.5) is 0 Å². The first kappa shape index (κ1) is 15.5. The van der Waals surface area contributed by atoms with E-state index in [2.05, 4.69) is 13.8 Å². The highest BCUT2D eigenvalue weighted by Crippen LogP contribution is 2.55. The van der Waals surface area contributed by atoms with Gasteiger partial charge in [0.25, 0.3) is 0 Å². The Morgan fingerprint density at radius 1 is 1.00 bits per heavy atom. The maximum atomic E-state index is 14.3. The Hall–Kier alpha value is -1.37. The topological polar surface area (TPSA) is 29.6 Å². The van der Waals surface area contributed by atoms with E-state index in [0.717, 1.165) is 23.5 Å². The van der Waals surface area contributed by atoms with Crippen LogP contribution in [0, 0.1) is 0 Å². The molecule has 22 heavy (non-hydrogen) atoms. The summed E-state index contributed by atoms with van der Waals surface area (Å²) in [7, 11) is -2.71. The molecule has 0 radical (unpaired) electrons. The lowest BCUT2D eigenvalue weighted by Gasteiger charge is -2.27. The second-order valence-corrected chi connectivity index (χ2v) is 9.00. The van der Waals surface area contributed by atoms with Gasteiger partial charge in [0.05, 0.1) is 12.2 Å². The van der Waals surface area contributed by atoms with Crippen molar-refractivity contribution < 1.29 is 9.30 Å². The molecule has 3 atom stereocenters. The van der Waals surface area contributed by atoms with Gasteiger partial charge in [-0.05, 0) is 13.3 Å². The molecule has 2 nitrogen and oxygen atoms in total. The van der Waals surface area contributed by atoms with Crippen molar-refractivity contribution in [3.05, 3.63) is 60.7 Å². The molecule has 0 saturated carbocycles. The van der Waals surface area contributed by atoms with Gasteiger partial charge in [-0.3, -0.25) is 0 Å². The minimum atomic E-state index is -2.71. The van der Waals surface area contributed by atoms with E-state index in [4.69, 9.17) is 4.74 Å². The minimum absolute atomic E-state index is 0.0669. The fourth-order valence-corrected chi connectivity index (χ4v) is 6.93. The zero-order chi connectivity index (χ0) is 15.6. The Labute approximate surface area is 132 Å². The van der Waals surface area contributed by atoms with Crippen molar-refractivity contribution in [3.63, 3.8) is 0 Å². The lowest BCUT2D eigenvalue weighted by Crippen LogP contribution is -2.30. The summed E-state index contributed by atoms with van der Waals surface area (Å²) in [6, 6.07) is 19.9. The normalized spacial score (nSPS) is 22.3. The van der Waals surface area contributed by atoms with Crippen LogP contribution in [0.15, 0.2) is 60.7 Å². The molecule has 0 spiro atoms. The molecule has 0 amide bonds. The summed E-state index contributed by atoms with van der Waals surface area (Å²) in [6.07, 6.45) is 2.28. The van der Waals surface area contributed by atoms with Crippen LogP contribution in [0.3, 0.4) is 0 Å². The van der Waals surface area contributed by atoms with E-state index in [1.807, 2.05) is 60.7 Å². The highest BCUT2D eigenvalue weighted by Gasteiger charge is 2.50. The summed E-state index contributed by atoms with van der Waals surface area (Å²) in [5, 5.41) is 1.89. The monoisotopic (exact) mass is 314 g/mol. The third kappa shape index (κ3) is 2.78. The molecule has 0 aliphatic carbocycles. The van der Waals surface area contributed by atoms with Crippen molar-refractivity contribution in [2.75, 3.05) is 0 Å². The van der Waals surface area contributed by atoms with E-state index >= 15 is 0 Å². The second-order valence-electron chi connectivity index (χ2n) is 5.99. The Morgan fingerprint density at radius 2 is 1.45 bits per heavy atom. The van der Waals surface area contributed by atoms with Crippen LogP contribution >= 0.6 is 7.14 Å². The lowest BCUT2D eigenvalue weighted by atomic mass is 10.1. The standard InChI is InChI=1S/C19H23O2P/c1-3-10-18(19-15(2)21-19)22(20,16-11-6-4-7-12-16)17-13-8-5-9-14-17/h4-9,11-15,18-19H,3,10H2,1-2H3/t15-,18-,19+/m1/s1. The predicted octanol–water partition coefficient (Wildman–Crippen LogP) is 3.96. The Morgan fingerprint density at radius 3 is 1.82 bits per heavy atom. The Bertz CT molecular complexity index is 610. The smallest absolute Gasteiger partial charge is 0.148 e. The fraction of sp³-hybridized carbons (Fsp3) is 0.368. The number of epoxide rings is 1. The third-order valence-corrected chi connectivity index (χ3v) is 8.08. The molecule has 3 rings (SSSR count). The van der Waals surface area contributed by atoms with Crippen molar-refractivity contribution in [3.8, 4) is 0 Å². The molecule has 116 valence electrons. The zero-order valence-electron chi connectivity index (χ0n) is 13.2. The molecule has 0 aromatic heterocycles. The van der Waals surface area contributed by atoms with Crippen LogP contribution in [0.1, 0.15) is 26.7 Å². The van der Waals surface area contributed by atoms with Crippen molar-refractivity contribution in [2.24, 2.45) is 0 Å². The van der Waals surface area contributed by atoms with Crippen LogP contribution in [-0.2, 0) is 9.30 Å². The van der Waals surface area contributed by atoms with E-state index in [0.29, 0.717) is 0 Å². The van der Waals surface area contributed by atoms with E-state index < -0.39 is 7.14 Å². The SMILES string of the molecule is CCC[C@H]([C@H]1O[C@@H]1C)P(=O)(c1ccccc1)c1ccccc1. The maximum Gasteiger partial charge on any atom is 0.148 e. The van der Waals surface area contributed by atoms with E-state index in [9.17, 15) is 4.57 Å². The molecule has 1 aliphatic heterocycles. The molecule has 2 aromatic rings. The van der Waals surface area contributed by atoms with Gasteiger partial charge in [0, 0.05) is 16.3 Å². The molecule has 2 aromatic carbocycles. The van der Waals surface area contributed by atoms with Gasteiger partial charge >= 0.3 is 0 Å². The van der Waals surface area contributed by atoms with Gasteiger partial charge in [-0.2, -0.15) is 0 Å². The number of rotatable bonds is 6. The van der Waals surface area contributed by atoms with E-state index in [1.54, 1.807) is 0 Å². The molecule has 3 heteroatoms. The summed E-state index contributed by atoms with van der Waals surface area (Å²) in [4.78, 5) is 0. The number of hydrogen-bond acceptors (Lipinski definition) is 2. The van der Waals surface area contributed by atoms with Crippen LogP contribution in [0.25, 0.3) is 0 Å². The highest BCUT2D eigenvalue weighted by molar-refractivity contribution is 7.79. The zero-order valence-corrected chi connectivity index (χ0v) is 14.1. The van der Waals surface area contributed by atoms with E-state index in [-0.39, 0.29) is 17.9 Å². The Kier molecular flexibility index (Phi) is 4.52. The van der Waals surface area contributed by atoms with Gasteiger partial charge in [-0.15, -0.1) is 0 Å². The van der Waals surface area contributed by atoms with Gasteiger partial charge in [0.2, 0.25) is 0 Å².